The molecule has 90 valence electrons. The highest BCUT2D eigenvalue weighted by Crippen LogP contribution is 2.35. The first-order valence-electron chi connectivity index (χ1n) is 5.46. The van der Waals surface area contributed by atoms with Gasteiger partial charge in [0.25, 0.3) is 0 Å². The first kappa shape index (κ1) is 11.7. The van der Waals surface area contributed by atoms with Crippen LogP contribution >= 0.6 is 0 Å². The first-order chi connectivity index (χ1) is 8.11. The predicted octanol–water partition coefficient (Wildman–Crippen LogP) is 2.15. The number of rotatable bonds is 2. The molecule has 0 radical (unpaired) electrons. The van der Waals surface area contributed by atoms with Gasteiger partial charge in [-0.2, -0.15) is 0 Å². The van der Waals surface area contributed by atoms with Crippen LogP contribution < -0.4 is 4.74 Å². The molecule has 0 amide bonds. The third-order valence-corrected chi connectivity index (χ3v) is 2.76. The van der Waals surface area contributed by atoms with Crippen LogP contribution in [0.25, 0.3) is 0 Å². The summed E-state index contributed by atoms with van der Waals surface area (Å²) in [7, 11) is 0. The van der Waals surface area contributed by atoms with Gasteiger partial charge in [-0.05, 0) is 31.2 Å². The smallest absolute Gasteiger partial charge is 0.335 e. The van der Waals surface area contributed by atoms with E-state index in [0.717, 1.165) is 0 Å². The van der Waals surface area contributed by atoms with E-state index in [0.29, 0.717) is 17.7 Å². The van der Waals surface area contributed by atoms with E-state index in [2.05, 4.69) is 0 Å². The van der Waals surface area contributed by atoms with E-state index in [1.54, 1.807) is 6.07 Å². The maximum Gasteiger partial charge on any atom is 0.335 e. The van der Waals surface area contributed by atoms with Crippen molar-refractivity contribution in [1.29, 1.82) is 0 Å². The summed E-state index contributed by atoms with van der Waals surface area (Å²) < 4.78 is 5.64. The summed E-state index contributed by atoms with van der Waals surface area (Å²) in [6.07, 6.45) is 3.35. The number of hydrogen-bond acceptors (Lipinski definition) is 3. The summed E-state index contributed by atoms with van der Waals surface area (Å²) in [5, 5.41) is 18.8. The molecule has 1 aromatic carbocycles. The Kier molecular flexibility index (Phi) is 3.15. The van der Waals surface area contributed by atoms with E-state index in [4.69, 9.17) is 9.84 Å². The van der Waals surface area contributed by atoms with E-state index in [9.17, 15) is 9.90 Å². The minimum atomic E-state index is -1.00. The lowest BCUT2D eigenvalue weighted by Crippen LogP contribution is -2.24. The largest absolute Gasteiger partial charge is 0.486 e. The van der Waals surface area contributed by atoms with Crippen LogP contribution in [-0.4, -0.2) is 22.3 Å². The third kappa shape index (κ3) is 2.31. The van der Waals surface area contributed by atoms with Crippen molar-refractivity contribution in [3.63, 3.8) is 0 Å². The fourth-order valence-corrected chi connectivity index (χ4v) is 1.94. The molecule has 1 aromatic rings. The van der Waals surface area contributed by atoms with E-state index < -0.39 is 12.1 Å². The summed E-state index contributed by atoms with van der Waals surface area (Å²) in [5.74, 6) is -0.451. The SMILES string of the molecule is C/C=C/[C@@H]1C[C@H](O)c2cc(C(=O)O)ccc2O1. The van der Waals surface area contributed by atoms with Crippen molar-refractivity contribution in [2.75, 3.05) is 0 Å². The summed E-state index contributed by atoms with van der Waals surface area (Å²) in [4.78, 5) is 10.8. The van der Waals surface area contributed by atoms with Gasteiger partial charge in [-0.15, -0.1) is 0 Å². The topological polar surface area (TPSA) is 66.8 Å². The molecular weight excluding hydrogens is 220 g/mol. The Morgan fingerprint density at radius 1 is 1.53 bits per heavy atom. The number of benzene rings is 1. The molecule has 0 bridgehead atoms. The average molecular weight is 234 g/mol. The minimum absolute atomic E-state index is 0.154. The molecule has 0 saturated carbocycles. The van der Waals surface area contributed by atoms with Crippen LogP contribution in [0.1, 0.15) is 35.4 Å². The standard InChI is InChI=1S/C13H14O4/c1-2-3-9-7-11(14)10-6-8(13(15)16)4-5-12(10)17-9/h2-6,9,11,14H,7H2,1H3,(H,15,16)/b3-2+/t9-,11+/m1/s1. The Morgan fingerprint density at radius 2 is 2.29 bits per heavy atom. The van der Waals surface area contributed by atoms with Crippen molar-refractivity contribution in [1.82, 2.24) is 0 Å². The molecule has 1 heterocycles. The van der Waals surface area contributed by atoms with Gasteiger partial charge in [0.15, 0.2) is 0 Å². The van der Waals surface area contributed by atoms with E-state index in [1.807, 2.05) is 19.1 Å². The third-order valence-electron chi connectivity index (χ3n) is 2.76. The van der Waals surface area contributed by atoms with Crippen LogP contribution in [0.3, 0.4) is 0 Å². The van der Waals surface area contributed by atoms with Gasteiger partial charge < -0.3 is 14.9 Å². The molecule has 1 aliphatic heterocycles. The Bertz CT molecular complexity index is 464. The molecule has 17 heavy (non-hydrogen) atoms. The van der Waals surface area contributed by atoms with Gasteiger partial charge in [0.1, 0.15) is 11.9 Å². The number of allylic oxidation sites excluding steroid dienone is 1. The zero-order valence-corrected chi connectivity index (χ0v) is 9.46. The number of hydrogen-bond donors (Lipinski definition) is 2. The van der Waals surface area contributed by atoms with Gasteiger partial charge in [-0.25, -0.2) is 4.79 Å². The van der Waals surface area contributed by atoms with Gasteiger partial charge in [-0.1, -0.05) is 6.08 Å². The normalized spacial score (nSPS) is 23.2. The van der Waals surface area contributed by atoms with Gasteiger partial charge in [0, 0.05) is 12.0 Å². The van der Waals surface area contributed by atoms with Crippen molar-refractivity contribution in [2.24, 2.45) is 0 Å². The van der Waals surface area contributed by atoms with Crippen LogP contribution in [0.5, 0.6) is 5.75 Å². The number of carbonyl (C=O) groups is 1. The predicted molar refractivity (Wildman–Crippen MR) is 62.2 cm³/mol. The molecule has 0 fully saturated rings. The lowest BCUT2D eigenvalue weighted by Gasteiger charge is -2.28. The number of aliphatic hydroxyl groups is 1. The highest BCUT2D eigenvalue weighted by molar-refractivity contribution is 5.88. The quantitative estimate of drug-likeness (QED) is 0.769. The second-order valence-electron chi connectivity index (χ2n) is 3.99. The number of aromatic carboxylic acids is 1. The van der Waals surface area contributed by atoms with Crippen LogP contribution in [0.15, 0.2) is 30.4 Å². The highest BCUT2D eigenvalue weighted by Gasteiger charge is 2.26. The molecular formula is C13H14O4. The summed E-state index contributed by atoms with van der Waals surface area (Å²) in [5.41, 5.74) is 0.710. The fourth-order valence-electron chi connectivity index (χ4n) is 1.94. The molecule has 4 heteroatoms. The summed E-state index contributed by atoms with van der Waals surface area (Å²) in [6.45, 7) is 1.89. The molecule has 0 unspecified atom stereocenters. The lowest BCUT2D eigenvalue weighted by molar-refractivity contribution is 0.0694. The molecule has 1 aliphatic rings. The first-order valence-corrected chi connectivity index (χ1v) is 5.46. The van der Waals surface area contributed by atoms with Crippen LogP contribution in [0, 0.1) is 0 Å². The number of carboxylic acids is 1. The zero-order chi connectivity index (χ0) is 12.4. The van der Waals surface area contributed by atoms with Gasteiger partial charge in [0.05, 0.1) is 11.7 Å². The fraction of sp³-hybridized carbons (Fsp3) is 0.308. The van der Waals surface area contributed by atoms with E-state index in [-0.39, 0.29) is 11.7 Å². The average Bonchev–Trinajstić information content (AvgIpc) is 2.29. The summed E-state index contributed by atoms with van der Waals surface area (Å²) in [6, 6.07) is 4.54. The second kappa shape index (κ2) is 4.59. The Morgan fingerprint density at radius 3 is 2.94 bits per heavy atom. The van der Waals surface area contributed by atoms with Crippen molar-refractivity contribution in [2.45, 2.75) is 25.6 Å². The molecule has 0 aliphatic carbocycles. The van der Waals surface area contributed by atoms with Gasteiger partial charge >= 0.3 is 5.97 Å². The van der Waals surface area contributed by atoms with Crippen LogP contribution in [0.4, 0.5) is 0 Å². The van der Waals surface area contributed by atoms with E-state index >= 15 is 0 Å². The van der Waals surface area contributed by atoms with Crippen LogP contribution in [0.2, 0.25) is 0 Å². The molecule has 2 rings (SSSR count). The van der Waals surface area contributed by atoms with Crippen molar-refractivity contribution >= 4 is 5.97 Å². The van der Waals surface area contributed by atoms with Crippen LogP contribution in [-0.2, 0) is 0 Å². The second-order valence-corrected chi connectivity index (χ2v) is 3.99. The van der Waals surface area contributed by atoms with E-state index in [1.165, 1.54) is 12.1 Å². The summed E-state index contributed by atoms with van der Waals surface area (Å²) >= 11 is 0. The maximum absolute atomic E-state index is 10.8. The van der Waals surface area contributed by atoms with Gasteiger partial charge in [-0.3, -0.25) is 0 Å². The van der Waals surface area contributed by atoms with Gasteiger partial charge in [0.2, 0.25) is 0 Å². The maximum atomic E-state index is 10.8. The minimum Gasteiger partial charge on any atom is -0.486 e. The zero-order valence-electron chi connectivity index (χ0n) is 9.46. The molecule has 2 atom stereocenters. The van der Waals surface area contributed by atoms with Crippen molar-refractivity contribution < 1.29 is 19.7 Å². The molecule has 2 N–H and O–H groups in total. The Balaban J connectivity index is 2.34. The number of carboxylic acid groups (broad SMARTS) is 1. The molecule has 0 saturated heterocycles. The number of ether oxygens (including phenoxy) is 1. The Hall–Kier alpha value is -1.81. The number of aliphatic hydroxyl groups excluding tert-OH is 1. The molecule has 0 spiro atoms. The highest BCUT2D eigenvalue weighted by atomic mass is 16.5. The number of fused-ring (bicyclic) bond motifs is 1. The Labute approximate surface area is 99.2 Å². The van der Waals surface area contributed by atoms with Crippen molar-refractivity contribution in [3.05, 3.63) is 41.5 Å². The molecule has 4 nitrogen and oxygen atoms in total. The lowest BCUT2D eigenvalue weighted by atomic mass is 9.97. The monoisotopic (exact) mass is 234 g/mol. The molecule has 0 aromatic heterocycles. The van der Waals surface area contributed by atoms with Crippen molar-refractivity contribution in [3.8, 4) is 5.75 Å².